The van der Waals surface area contributed by atoms with E-state index in [9.17, 15) is 8.42 Å². The summed E-state index contributed by atoms with van der Waals surface area (Å²) in [6.45, 7) is 3.49. The number of hydrogen-bond acceptors (Lipinski definition) is 2. The van der Waals surface area contributed by atoms with Crippen LogP contribution in [0.1, 0.15) is 33.1 Å². The molecule has 0 aromatic carbocycles. The molecule has 2 N–H and O–H groups in total. The molecule has 13 heavy (non-hydrogen) atoms. The minimum absolute atomic E-state index is 0.170. The third kappa shape index (κ3) is 3.29. The molecule has 0 aromatic heterocycles. The van der Waals surface area contributed by atoms with Crippen LogP contribution >= 0.6 is 0 Å². The van der Waals surface area contributed by atoms with E-state index in [1.54, 1.807) is 13.8 Å². The fourth-order valence-corrected chi connectivity index (χ4v) is 2.81. The van der Waals surface area contributed by atoms with Crippen molar-refractivity contribution in [3.05, 3.63) is 0 Å². The standard InChI is InChI=1S/C7H17BN2O2S/c1-6(2)9-13(11,12)10-7(8)4-3-5-7/h6,9-10H,3-5,8H2,1-2H3/i/hD. The molecular formula is C7H17BN2O2S. The van der Waals surface area contributed by atoms with Crippen LogP contribution in [0.2, 0.25) is 1.41 Å². The number of rotatable bonds is 4. The van der Waals surface area contributed by atoms with Crippen molar-refractivity contribution in [2.75, 3.05) is 0 Å². The van der Waals surface area contributed by atoms with E-state index < -0.39 is 15.6 Å². The van der Waals surface area contributed by atoms with Gasteiger partial charge in [-0.05, 0) is 26.7 Å². The van der Waals surface area contributed by atoms with Crippen LogP contribution in [0.5, 0.6) is 0 Å². The summed E-state index contributed by atoms with van der Waals surface area (Å²) in [4.78, 5) is 0. The van der Waals surface area contributed by atoms with E-state index in [0.717, 1.165) is 24.0 Å². The first-order valence-electron chi connectivity index (χ1n) is 5.04. The molecule has 1 aliphatic carbocycles. The van der Waals surface area contributed by atoms with Gasteiger partial charge in [0.15, 0.2) is 0 Å². The SMILES string of the molecule is [2H]N(C1(B)CCC1)S(=O)(=O)NC(C)C. The first kappa shape index (κ1) is 9.49. The highest BCUT2D eigenvalue weighted by atomic mass is 32.2. The molecule has 0 saturated heterocycles. The largest absolute Gasteiger partial charge is 0.276 e. The highest BCUT2D eigenvalue weighted by molar-refractivity contribution is 7.87. The summed E-state index contributed by atoms with van der Waals surface area (Å²) in [6.07, 6.45) is 2.55. The lowest BCUT2D eigenvalue weighted by molar-refractivity contribution is 0.329. The van der Waals surface area contributed by atoms with Gasteiger partial charge in [0.25, 0.3) is 10.2 Å². The first-order valence-corrected chi connectivity index (χ1v) is 6.03. The molecule has 1 aliphatic rings. The minimum Gasteiger partial charge on any atom is -0.204 e. The fraction of sp³-hybridized carbons (Fsp3) is 1.00. The highest BCUT2D eigenvalue weighted by Crippen LogP contribution is 2.28. The van der Waals surface area contributed by atoms with Crippen LogP contribution in [0.25, 0.3) is 0 Å². The lowest BCUT2D eigenvalue weighted by Gasteiger charge is -2.39. The van der Waals surface area contributed by atoms with Gasteiger partial charge < -0.3 is 0 Å². The van der Waals surface area contributed by atoms with Crippen LogP contribution in [-0.4, -0.2) is 27.7 Å². The van der Waals surface area contributed by atoms with E-state index in [1.165, 1.54) is 0 Å². The van der Waals surface area contributed by atoms with E-state index in [4.69, 9.17) is 1.41 Å². The summed E-state index contributed by atoms with van der Waals surface area (Å²) in [7, 11) is -1.82. The minimum atomic E-state index is -3.63. The summed E-state index contributed by atoms with van der Waals surface area (Å²) in [5.41, 5.74) is -0.499. The van der Waals surface area contributed by atoms with Gasteiger partial charge in [-0.15, -0.1) is 0 Å². The lowest BCUT2D eigenvalue weighted by Crippen LogP contribution is -2.57. The Morgan fingerprint density at radius 2 is 2.08 bits per heavy atom. The van der Waals surface area contributed by atoms with Crippen molar-refractivity contribution in [2.45, 2.75) is 44.6 Å². The highest BCUT2D eigenvalue weighted by Gasteiger charge is 2.35. The second-order valence-corrected chi connectivity index (χ2v) is 5.56. The molecule has 6 heteroatoms. The Labute approximate surface area is 82.5 Å². The monoisotopic (exact) mass is 205 g/mol. The van der Waals surface area contributed by atoms with E-state index in [-0.39, 0.29) is 6.04 Å². The molecule has 0 atom stereocenters. The maximum Gasteiger partial charge on any atom is 0.276 e. The molecule has 1 rings (SSSR count). The summed E-state index contributed by atoms with van der Waals surface area (Å²) in [5, 5.41) is 0. The summed E-state index contributed by atoms with van der Waals surface area (Å²) in [5.74, 6) is 0. The predicted molar refractivity (Wildman–Crippen MR) is 55.5 cm³/mol. The average Bonchev–Trinajstić information content (AvgIpc) is 1.96. The second kappa shape index (κ2) is 3.59. The van der Waals surface area contributed by atoms with Crippen molar-refractivity contribution in [3.63, 3.8) is 0 Å². The van der Waals surface area contributed by atoms with Gasteiger partial charge in [0.2, 0.25) is 0 Å². The lowest BCUT2D eigenvalue weighted by atomic mass is 9.63. The smallest absolute Gasteiger partial charge is 0.204 e. The fourth-order valence-electron chi connectivity index (χ4n) is 1.39. The van der Waals surface area contributed by atoms with Crippen LogP contribution in [0.15, 0.2) is 0 Å². The zero-order chi connectivity index (χ0) is 11.0. The molecule has 4 nitrogen and oxygen atoms in total. The zero-order valence-corrected chi connectivity index (χ0v) is 9.19. The van der Waals surface area contributed by atoms with Crippen LogP contribution < -0.4 is 9.44 Å². The zero-order valence-electron chi connectivity index (χ0n) is 9.37. The van der Waals surface area contributed by atoms with Crippen LogP contribution in [-0.2, 0) is 10.2 Å². The van der Waals surface area contributed by atoms with Crippen LogP contribution in [0, 0.1) is 0 Å². The number of hydrogen-bond donors (Lipinski definition) is 2. The quantitative estimate of drug-likeness (QED) is 0.598. The maximum absolute atomic E-state index is 11.6. The van der Waals surface area contributed by atoms with Crippen molar-refractivity contribution in [3.8, 4) is 0 Å². The van der Waals surface area contributed by atoms with Gasteiger partial charge in [-0.1, -0.05) is 6.42 Å². The Hall–Kier alpha value is -0.0651. The molecule has 0 heterocycles. The topological polar surface area (TPSA) is 58.2 Å². The van der Waals surface area contributed by atoms with E-state index in [2.05, 4.69) is 4.72 Å². The second-order valence-electron chi connectivity index (χ2n) is 4.19. The molecule has 0 radical (unpaired) electrons. The summed E-state index contributed by atoms with van der Waals surface area (Å²) < 4.78 is 33.9. The van der Waals surface area contributed by atoms with Crippen molar-refractivity contribution in [1.29, 1.82) is 0 Å². The van der Waals surface area contributed by atoms with Crippen molar-refractivity contribution >= 4 is 18.1 Å². The van der Waals surface area contributed by atoms with Crippen LogP contribution in [0.4, 0.5) is 0 Å². The first-order chi connectivity index (χ1) is 6.28. The van der Waals surface area contributed by atoms with Crippen molar-refractivity contribution in [1.82, 2.24) is 9.44 Å². The molecular weight excluding hydrogens is 187 g/mol. The Morgan fingerprint density at radius 1 is 1.54 bits per heavy atom. The molecule has 0 unspecified atom stereocenters. The number of nitrogens with one attached hydrogen (secondary N) is 2. The normalized spacial score (nSPS) is 22.9. The van der Waals surface area contributed by atoms with Gasteiger partial charge in [-0.2, -0.15) is 13.1 Å². The summed E-state index contributed by atoms with van der Waals surface area (Å²) in [6, 6.07) is -0.170. The average molecular weight is 205 g/mol. The summed E-state index contributed by atoms with van der Waals surface area (Å²) >= 11 is 0. The van der Waals surface area contributed by atoms with E-state index in [1.807, 2.05) is 7.85 Å². The maximum atomic E-state index is 11.6. The molecule has 0 spiro atoms. The van der Waals surface area contributed by atoms with Gasteiger partial charge in [0.05, 0.1) is 0 Å². The van der Waals surface area contributed by atoms with Crippen molar-refractivity contribution in [2.24, 2.45) is 0 Å². The van der Waals surface area contributed by atoms with Gasteiger partial charge >= 0.3 is 0 Å². The van der Waals surface area contributed by atoms with Crippen LogP contribution in [0.3, 0.4) is 0 Å². The molecule has 76 valence electrons. The molecule has 1 saturated carbocycles. The van der Waals surface area contributed by atoms with E-state index in [0.29, 0.717) is 0 Å². The molecule has 1 fully saturated rings. The Kier molecular flexibility index (Phi) is 2.62. The third-order valence-corrected chi connectivity index (χ3v) is 3.61. The Morgan fingerprint density at radius 3 is 2.38 bits per heavy atom. The Bertz CT molecular complexity index is 303. The molecule has 0 bridgehead atoms. The predicted octanol–water partition coefficient (Wildman–Crippen LogP) is -0.668. The van der Waals surface area contributed by atoms with E-state index >= 15 is 0 Å². The van der Waals surface area contributed by atoms with Gasteiger partial charge in [-0.25, -0.2) is 4.72 Å². The van der Waals surface area contributed by atoms with Crippen molar-refractivity contribution < 1.29 is 9.83 Å². The van der Waals surface area contributed by atoms with Gasteiger partial charge in [0.1, 0.15) is 9.26 Å². The third-order valence-electron chi connectivity index (χ3n) is 2.16. The Balaban J connectivity index is 2.72. The molecule has 0 aliphatic heterocycles. The van der Waals surface area contributed by atoms with Gasteiger partial charge in [-0.3, -0.25) is 0 Å². The van der Waals surface area contributed by atoms with Gasteiger partial charge in [0, 0.05) is 11.5 Å². The molecule has 0 aromatic rings. The molecule has 0 amide bonds.